The molecule has 1 heterocycles. The quantitative estimate of drug-likeness (QED) is 0.698. The Bertz CT molecular complexity index is 215. The van der Waals surface area contributed by atoms with Crippen LogP contribution in [0, 0.1) is 0 Å². The third kappa shape index (κ3) is 3.12. The van der Waals surface area contributed by atoms with E-state index < -0.39 is 0 Å². The molecule has 0 aromatic carbocycles. The van der Waals surface area contributed by atoms with Crippen LogP contribution in [0.3, 0.4) is 0 Å². The topological polar surface area (TPSA) is 20.3 Å². The molecule has 0 N–H and O–H groups in total. The van der Waals surface area contributed by atoms with Crippen molar-refractivity contribution in [3.8, 4) is 0 Å². The number of hydrogen-bond acceptors (Lipinski definition) is 2. The SMILES string of the molecule is C=C(Cl)CN1CCCCC1C(C)=O. The summed E-state index contributed by atoms with van der Waals surface area (Å²) < 4.78 is 0. The molecule has 13 heavy (non-hydrogen) atoms. The van der Waals surface area contributed by atoms with Crippen molar-refractivity contribution in [1.82, 2.24) is 4.90 Å². The number of halogens is 1. The number of ketones is 1. The van der Waals surface area contributed by atoms with Crippen LogP contribution >= 0.6 is 11.6 Å². The molecule has 0 amide bonds. The lowest BCUT2D eigenvalue weighted by Crippen LogP contribution is -2.44. The van der Waals surface area contributed by atoms with Gasteiger partial charge in [-0.2, -0.15) is 0 Å². The smallest absolute Gasteiger partial charge is 0.146 e. The van der Waals surface area contributed by atoms with Crippen molar-refractivity contribution < 1.29 is 4.79 Å². The van der Waals surface area contributed by atoms with Crippen LogP contribution in [-0.4, -0.2) is 29.8 Å². The molecule has 1 atom stereocenters. The maximum Gasteiger partial charge on any atom is 0.146 e. The molecule has 3 heteroatoms. The van der Waals surface area contributed by atoms with Gasteiger partial charge in [-0.3, -0.25) is 9.69 Å². The van der Waals surface area contributed by atoms with Crippen molar-refractivity contribution >= 4 is 17.4 Å². The highest BCUT2D eigenvalue weighted by Gasteiger charge is 2.25. The lowest BCUT2D eigenvalue weighted by molar-refractivity contribution is -0.123. The van der Waals surface area contributed by atoms with Gasteiger partial charge in [0.15, 0.2) is 0 Å². The highest BCUT2D eigenvalue weighted by molar-refractivity contribution is 6.29. The second-order valence-electron chi connectivity index (χ2n) is 3.61. The van der Waals surface area contributed by atoms with Gasteiger partial charge in [0.2, 0.25) is 0 Å². The van der Waals surface area contributed by atoms with Gasteiger partial charge in [-0.1, -0.05) is 24.6 Å². The van der Waals surface area contributed by atoms with Gasteiger partial charge < -0.3 is 0 Å². The van der Waals surface area contributed by atoms with E-state index in [9.17, 15) is 4.79 Å². The van der Waals surface area contributed by atoms with E-state index in [1.165, 1.54) is 0 Å². The average molecular weight is 202 g/mol. The van der Waals surface area contributed by atoms with Crippen LogP contribution in [0.4, 0.5) is 0 Å². The fourth-order valence-corrected chi connectivity index (χ4v) is 2.01. The molecule has 2 nitrogen and oxygen atoms in total. The van der Waals surface area contributed by atoms with Crippen molar-refractivity contribution in [2.24, 2.45) is 0 Å². The maximum atomic E-state index is 11.3. The third-order valence-corrected chi connectivity index (χ3v) is 2.58. The second-order valence-corrected chi connectivity index (χ2v) is 4.14. The van der Waals surface area contributed by atoms with E-state index in [-0.39, 0.29) is 11.8 Å². The van der Waals surface area contributed by atoms with E-state index in [4.69, 9.17) is 11.6 Å². The number of hydrogen-bond donors (Lipinski definition) is 0. The van der Waals surface area contributed by atoms with Crippen molar-refractivity contribution in [2.45, 2.75) is 32.2 Å². The number of carbonyl (C=O) groups excluding carboxylic acids is 1. The second kappa shape index (κ2) is 4.77. The molecular formula is C10H16ClNO. The number of rotatable bonds is 3. The molecular weight excluding hydrogens is 186 g/mol. The largest absolute Gasteiger partial charge is 0.298 e. The summed E-state index contributed by atoms with van der Waals surface area (Å²) in [6.07, 6.45) is 3.28. The summed E-state index contributed by atoms with van der Waals surface area (Å²) in [5.74, 6) is 0.248. The molecule has 1 aliphatic rings. The van der Waals surface area contributed by atoms with E-state index in [2.05, 4.69) is 11.5 Å². The third-order valence-electron chi connectivity index (χ3n) is 2.46. The Balaban J connectivity index is 2.56. The van der Waals surface area contributed by atoms with Crippen LogP contribution in [-0.2, 0) is 4.79 Å². The first-order chi connectivity index (χ1) is 6.11. The zero-order valence-corrected chi connectivity index (χ0v) is 8.81. The molecule has 1 aliphatic heterocycles. The maximum absolute atomic E-state index is 11.3. The molecule has 0 saturated carbocycles. The van der Waals surface area contributed by atoms with Crippen molar-refractivity contribution in [1.29, 1.82) is 0 Å². The molecule has 0 spiro atoms. The van der Waals surface area contributed by atoms with Crippen LogP contribution in [0.5, 0.6) is 0 Å². The number of Topliss-reactive ketones (excluding diaryl/α,β-unsaturated/α-hetero) is 1. The summed E-state index contributed by atoms with van der Waals surface area (Å²) in [4.78, 5) is 13.4. The van der Waals surface area contributed by atoms with Crippen molar-refractivity contribution in [3.63, 3.8) is 0 Å². The lowest BCUT2D eigenvalue weighted by atomic mass is 9.99. The summed E-state index contributed by atoms with van der Waals surface area (Å²) in [6.45, 7) is 6.92. The standard InChI is InChI=1S/C10H16ClNO/c1-8(11)7-12-6-4-3-5-10(12)9(2)13/h10H,1,3-7H2,2H3. The van der Waals surface area contributed by atoms with Gasteiger partial charge in [0.25, 0.3) is 0 Å². The van der Waals surface area contributed by atoms with Gasteiger partial charge in [-0.05, 0) is 26.3 Å². The number of carbonyl (C=O) groups is 1. The zero-order chi connectivity index (χ0) is 9.84. The van der Waals surface area contributed by atoms with Crippen LogP contribution in [0.1, 0.15) is 26.2 Å². The highest BCUT2D eigenvalue weighted by Crippen LogP contribution is 2.19. The Kier molecular flexibility index (Phi) is 3.94. The van der Waals surface area contributed by atoms with Gasteiger partial charge in [0, 0.05) is 11.6 Å². The summed E-state index contributed by atoms with van der Waals surface area (Å²) in [5, 5.41) is 0.619. The van der Waals surface area contributed by atoms with Crippen molar-refractivity contribution in [3.05, 3.63) is 11.6 Å². The van der Waals surface area contributed by atoms with Crippen molar-refractivity contribution in [2.75, 3.05) is 13.1 Å². The van der Waals surface area contributed by atoms with Gasteiger partial charge in [-0.15, -0.1) is 0 Å². The Morgan fingerprint density at radius 2 is 2.31 bits per heavy atom. The highest BCUT2D eigenvalue weighted by atomic mass is 35.5. The summed E-state index contributed by atoms with van der Waals surface area (Å²) >= 11 is 5.73. The monoisotopic (exact) mass is 201 g/mol. The Labute approximate surface area is 84.6 Å². The fourth-order valence-electron chi connectivity index (χ4n) is 1.86. The zero-order valence-electron chi connectivity index (χ0n) is 8.05. The molecule has 0 aromatic rings. The van der Waals surface area contributed by atoms with Gasteiger partial charge in [0.05, 0.1) is 6.04 Å². The number of piperidine rings is 1. The lowest BCUT2D eigenvalue weighted by Gasteiger charge is -2.33. The van der Waals surface area contributed by atoms with E-state index in [0.29, 0.717) is 11.6 Å². The van der Waals surface area contributed by atoms with Gasteiger partial charge >= 0.3 is 0 Å². The van der Waals surface area contributed by atoms with Gasteiger partial charge in [-0.25, -0.2) is 0 Å². The first kappa shape index (κ1) is 10.7. The summed E-state index contributed by atoms with van der Waals surface area (Å²) in [6, 6.07) is 0.0734. The van der Waals surface area contributed by atoms with Crippen LogP contribution in [0.15, 0.2) is 11.6 Å². The normalized spacial score (nSPS) is 24.3. The molecule has 1 fully saturated rings. The molecule has 0 aliphatic carbocycles. The Morgan fingerprint density at radius 3 is 2.85 bits per heavy atom. The first-order valence-corrected chi connectivity index (χ1v) is 5.07. The number of nitrogens with zero attached hydrogens (tertiary/aromatic N) is 1. The minimum Gasteiger partial charge on any atom is -0.298 e. The minimum absolute atomic E-state index is 0.0734. The molecule has 1 unspecified atom stereocenters. The molecule has 0 aromatic heterocycles. The van der Waals surface area contributed by atoms with E-state index >= 15 is 0 Å². The van der Waals surface area contributed by atoms with Crippen LogP contribution in [0.2, 0.25) is 0 Å². The predicted molar refractivity (Wildman–Crippen MR) is 54.9 cm³/mol. The average Bonchev–Trinajstić information content (AvgIpc) is 2.03. The molecule has 1 rings (SSSR count). The van der Waals surface area contributed by atoms with E-state index in [1.807, 2.05) is 0 Å². The first-order valence-electron chi connectivity index (χ1n) is 4.69. The van der Waals surface area contributed by atoms with E-state index in [1.54, 1.807) is 6.92 Å². The fraction of sp³-hybridized carbons (Fsp3) is 0.700. The molecule has 0 bridgehead atoms. The minimum atomic E-state index is 0.0734. The van der Waals surface area contributed by atoms with Gasteiger partial charge in [0.1, 0.15) is 5.78 Å². The predicted octanol–water partition coefficient (Wildman–Crippen LogP) is 2.18. The summed E-state index contributed by atoms with van der Waals surface area (Å²) in [7, 11) is 0. The molecule has 0 radical (unpaired) electrons. The Morgan fingerprint density at radius 1 is 1.62 bits per heavy atom. The Hall–Kier alpha value is -0.340. The number of likely N-dealkylation sites (tertiary alicyclic amines) is 1. The summed E-state index contributed by atoms with van der Waals surface area (Å²) in [5.41, 5.74) is 0. The van der Waals surface area contributed by atoms with Crippen LogP contribution in [0.25, 0.3) is 0 Å². The molecule has 74 valence electrons. The van der Waals surface area contributed by atoms with Crippen LogP contribution < -0.4 is 0 Å². The molecule has 1 saturated heterocycles. The van der Waals surface area contributed by atoms with E-state index in [0.717, 1.165) is 25.8 Å².